The summed E-state index contributed by atoms with van der Waals surface area (Å²) >= 11 is 1.65. The molecule has 0 aromatic heterocycles. The second-order valence-electron chi connectivity index (χ2n) is 7.81. The van der Waals surface area contributed by atoms with E-state index in [0.717, 1.165) is 12.0 Å². The van der Waals surface area contributed by atoms with Crippen LogP contribution in [0.3, 0.4) is 0 Å². The average molecular weight is 383 g/mol. The highest BCUT2D eigenvalue weighted by Crippen LogP contribution is 2.38. The summed E-state index contributed by atoms with van der Waals surface area (Å²) < 4.78 is 0. The lowest BCUT2D eigenvalue weighted by atomic mass is 10.1. The second-order valence-corrected chi connectivity index (χ2v) is 8.88. The van der Waals surface area contributed by atoms with Crippen LogP contribution in [0.15, 0.2) is 54.6 Å². The van der Waals surface area contributed by atoms with Crippen LogP contribution >= 0.6 is 11.8 Å². The van der Waals surface area contributed by atoms with Crippen molar-refractivity contribution in [3.8, 4) is 0 Å². The quantitative estimate of drug-likeness (QED) is 0.849. The molecule has 1 aliphatic rings. The molecule has 2 aromatic carbocycles. The first-order valence-electron chi connectivity index (χ1n) is 9.21. The summed E-state index contributed by atoms with van der Waals surface area (Å²) in [4.78, 5) is 26.6. The predicted octanol–water partition coefficient (Wildman–Crippen LogP) is 4.03. The van der Waals surface area contributed by atoms with Gasteiger partial charge in [-0.3, -0.25) is 9.59 Å². The fraction of sp³-hybridized carbons (Fsp3) is 0.364. The van der Waals surface area contributed by atoms with Crippen LogP contribution in [-0.4, -0.2) is 34.6 Å². The van der Waals surface area contributed by atoms with Gasteiger partial charge in [0, 0.05) is 17.6 Å². The lowest BCUT2D eigenvalue weighted by molar-refractivity contribution is -0.128. The number of thioether (sulfide) groups is 1. The minimum Gasteiger partial charge on any atom is -0.347 e. The fourth-order valence-electron chi connectivity index (χ4n) is 3.08. The van der Waals surface area contributed by atoms with E-state index in [1.165, 1.54) is 5.56 Å². The molecule has 3 rings (SSSR count). The molecule has 0 saturated carbocycles. The number of carbonyl (C=O) groups excluding carboxylic acids is 2. The number of carbonyl (C=O) groups is 2. The van der Waals surface area contributed by atoms with Gasteiger partial charge >= 0.3 is 0 Å². The summed E-state index contributed by atoms with van der Waals surface area (Å²) in [6, 6.07) is 17.8. The predicted molar refractivity (Wildman–Crippen MR) is 111 cm³/mol. The highest BCUT2D eigenvalue weighted by Gasteiger charge is 2.32. The van der Waals surface area contributed by atoms with Gasteiger partial charge in [0.25, 0.3) is 5.91 Å². The number of hydrogen-bond acceptors (Lipinski definition) is 3. The lowest BCUT2D eigenvalue weighted by Gasteiger charge is -2.25. The van der Waals surface area contributed by atoms with E-state index in [4.69, 9.17) is 0 Å². The Kier molecular flexibility index (Phi) is 5.90. The van der Waals surface area contributed by atoms with E-state index in [0.29, 0.717) is 17.9 Å². The highest BCUT2D eigenvalue weighted by atomic mass is 32.2. The molecule has 0 radical (unpaired) electrons. The zero-order valence-electron chi connectivity index (χ0n) is 16.1. The molecule has 27 heavy (non-hydrogen) atoms. The van der Waals surface area contributed by atoms with Crippen molar-refractivity contribution in [1.29, 1.82) is 0 Å². The smallest absolute Gasteiger partial charge is 0.251 e. The summed E-state index contributed by atoms with van der Waals surface area (Å²) in [5.41, 5.74) is 2.66. The molecule has 1 saturated heterocycles. The van der Waals surface area contributed by atoms with Gasteiger partial charge in [0.2, 0.25) is 5.91 Å². The average Bonchev–Trinajstić information content (AvgIpc) is 3.00. The van der Waals surface area contributed by atoms with Crippen molar-refractivity contribution in [1.82, 2.24) is 10.2 Å². The maximum absolute atomic E-state index is 12.4. The monoisotopic (exact) mass is 382 g/mol. The molecule has 2 amide bonds. The molecule has 1 atom stereocenters. The maximum Gasteiger partial charge on any atom is 0.251 e. The first kappa shape index (κ1) is 19.5. The summed E-state index contributed by atoms with van der Waals surface area (Å²) in [7, 11) is 0. The molecule has 0 unspecified atom stereocenters. The Bertz CT molecular complexity index is 797. The van der Waals surface area contributed by atoms with Crippen molar-refractivity contribution in [3.63, 3.8) is 0 Å². The normalized spacial score (nSPS) is 17.2. The molecule has 1 N–H and O–H groups in total. The zero-order valence-corrected chi connectivity index (χ0v) is 16.9. The second kappa shape index (κ2) is 8.17. The summed E-state index contributed by atoms with van der Waals surface area (Å²) in [6.45, 7) is 6.59. The van der Waals surface area contributed by atoms with E-state index in [2.05, 4.69) is 17.4 Å². The third-order valence-electron chi connectivity index (χ3n) is 4.40. The van der Waals surface area contributed by atoms with Crippen LogP contribution in [0.1, 0.15) is 47.6 Å². The third kappa shape index (κ3) is 5.13. The van der Waals surface area contributed by atoms with Crippen LogP contribution in [0.25, 0.3) is 0 Å². The van der Waals surface area contributed by atoms with Crippen molar-refractivity contribution >= 4 is 23.6 Å². The van der Waals surface area contributed by atoms with Crippen molar-refractivity contribution < 1.29 is 9.59 Å². The third-order valence-corrected chi connectivity index (χ3v) is 5.65. The molecule has 2 aromatic rings. The number of hydrogen-bond donors (Lipinski definition) is 1. The number of amides is 2. The van der Waals surface area contributed by atoms with Gasteiger partial charge in [-0.25, -0.2) is 0 Å². The number of rotatable bonds is 5. The SMILES string of the molecule is CC(C)(C)NC(=O)c1ccc([C@@H]2SCC(=O)N2CCc2ccccc2)cc1. The van der Waals surface area contributed by atoms with Crippen molar-refractivity contribution in [2.24, 2.45) is 0 Å². The lowest BCUT2D eigenvalue weighted by Crippen LogP contribution is -2.40. The summed E-state index contributed by atoms with van der Waals surface area (Å²) in [5, 5.41) is 2.98. The minimum atomic E-state index is -0.266. The van der Waals surface area contributed by atoms with Gasteiger partial charge in [-0.05, 0) is 50.5 Å². The van der Waals surface area contributed by atoms with Crippen LogP contribution in [-0.2, 0) is 11.2 Å². The van der Waals surface area contributed by atoms with E-state index < -0.39 is 0 Å². The molecule has 1 fully saturated rings. The molecule has 142 valence electrons. The van der Waals surface area contributed by atoms with Crippen molar-refractivity contribution in [2.75, 3.05) is 12.3 Å². The van der Waals surface area contributed by atoms with Gasteiger partial charge < -0.3 is 10.2 Å². The van der Waals surface area contributed by atoms with E-state index in [9.17, 15) is 9.59 Å². The zero-order chi connectivity index (χ0) is 19.4. The largest absolute Gasteiger partial charge is 0.347 e. The van der Waals surface area contributed by atoms with Crippen LogP contribution in [0.5, 0.6) is 0 Å². The minimum absolute atomic E-state index is 0.0148. The van der Waals surface area contributed by atoms with E-state index in [1.54, 1.807) is 11.8 Å². The summed E-state index contributed by atoms with van der Waals surface area (Å²) in [5.74, 6) is 0.603. The van der Waals surface area contributed by atoms with E-state index >= 15 is 0 Å². The Hall–Kier alpha value is -2.27. The molecule has 4 nitrogen and oxygen atoms in total. The number of nitrogens with one attached hydrogen (secondary N) is 1. The Morgan fingerprint density at radius 1 is 1.11 bits per heavy atom. The first-order valence-corrected chi connectivity index (χ1v) is 10.3. The van der Waals surface area contributed by atoms with Crippen LogP contribution in [0, 0.1) is 0 Å². The van der Waals surface area contributed by atoms with Crippen molar-refractivity contribution in [3.05, 3.63) is 71.3 Å². The van der Waals surface area contributed by atoms with E-state index in [1.807, 2.05) is 68.1 Å². The van der Waals surface area contributed by atoms with Gasteiger partial charge in [0.05, 0.1) is 5.75 Å². The Labute approximate surface area is 165 Å². The maximum atomic E-state index is 12.4. The topological polar surface area (TPSA) is 49.4 Å². The van der Waals surface area contributed by atoms with Gasteiger partial charge in [0.15, 0.2) is 0 Å². The molecular weight excluding hydrogens is 356 g/mol. The summed E-state index contributed by atoms with van der Waals surface area (Å²) in [6.07, 6.45) is 0.843. The van der Waals surface area contributed by atoms with Gasteiger partial charge in [-0.1, -0.05) is 42.5 Å². The number of nitrogens with zero attached hydrogens (tertiary/aromatic N) is 1. The van der Waals surface area contributed by atoms with Crippen LogP contribution < -0.4 is 5.32 Å². The fourth-order valence-corrected chi connectivity index (χ4v) is 4.30. The van der Waals surface area contributed by atoms with Crippen LogP contribution in [0.2, 0.25) is 0 Å². The van der Waals surface area contributed by atoms with Gasteiger partial charge in [0.1, 0.15) is 5.37 Å². The van der Waals surface area contributed by atoms with Gasteiger partial charge in [-0.15, -0.1) is 11.8 Å². The molecule has 1 heterocycles. The molecule has 5 heteroatoms. The Balaban J connectivity index is 1.68. The standard InChI is InChI=1S/C22H26N2O2S/c1-22(2,3)23-20(26)17-9-11-18(12-10-17)21-24(19(25)15-27-21)14-13-16-7-5-4-6-8-16/h4-12,21H,13-15H2,1-3H3,(H,23,26)/t21-/m0/s1. The molecule has 0 spiro atoms. The van der Waals surface area contributed by atoms with Gasteiger partial charge in [-0.2, -0.15) is 0 Å². The molecule has 0 bridgehead atoms. The number of benzene rings is 2. The Morgan fingerprint density at radius 3 is 2.41 bits per heavy atom. The van der Waals surface area contributed by atoms with Crippen molar-refractivity contribution in [2.45, 2.75) is 38.1 Å². The molecule has 0 aliphatic carbocycles. The Morgan fingerprint density at radius 2 is 1.78 bits per heavy atom. The first-order chi connectivity index (χ1) is 12.8. The molecular formula is C22H26N2O2S. The van der Waals surface area contributed by atoms with Crippen LogP contribution in [0.4, 0.5) is 0 Å². The highest BCUT2D eigenvalue weighted by molar-refractivity contribution is 8.00. The molecule has 1 aliphatic heterocycles. The van der Waals surface area contributed by atoms with E-state index in [-0.39, 0.29) is 22.7 Å².